The van der Waals surface area contributed by atoms with Gasteiger partial charge in [-0.2, -0.15) is 0 Å². The van der Waals surface area contributed by atoms with Gasteiger partial charge in [0.2, 0.25) is 0 Å². The second-order valence-corrected chi connectivity index (χ2v) is 3.83. The smallest absolute Gasteiger partial charge is 0.0674 e. The minimum atomic E-state index is -0.149. The van der Waals surface area contributed by atoms with Gasteiger partial charge in [-0.3, -0.25) is 0 Å². The summed E-state index contributed by atoms with van der Waals surface area (Å²) in [5, 5.41) is 12.5. The number of aliphatic hydroxyl groups excluding tert-OH is 1. The van der Waals surface area contributed by atoms with Crippen molar-refractivity contribution >= 4 is 0 Å². The van der Waals surface area contributed by atoms with Gasteiger partial charge in [-0.25, -0.2) is 0 Å². The van der Waals surface area contributed by atoms with Crippen molar-refractivity contribution < 1.29 is 9.84 Å². The first-order valence-electron chi connectivity index (χ1n) is 4.66. The van der Waals surface area contributed by atoms with Gasteiger partial charge in [0.1, 0.15) is 0 Å². The summed E-state index contributed by atoms with van der Waals surface area (Å²) in [7, 11) is 0. The van der Waals surface area contributed by atoms with E-state index in [0.717, 1.165) is 19.4 Å². The first-order chi connectivity index (χ1) is 5.68. The van der Waals surface area contributed by atoms with Crippen LogP contribution in [0.3, 0.4) is 0 Å². The quantitative estimate of drug-likeness (QED) is 0.651. The Morgan fingerprint density at radius 2 is 2.33 bits per heavy atom. The van der Waals surface area contributed by atoms with Crippen molar-refractivity contribution in [3.63, 3.8) is 0 Å². The lowest BCUT2D eigenvalue weighted by Crippen LogP contribution is -2.48. The summed E-state index contributed by atoms with van der Waals surface area (Å²) in [6.07, 6.45) is 2.41. The molecule has 3 heteroatoms. The SMILES string of the molecule is CC(C)OCC1(CO)CCCN1. The predicted octanol–water partition coefficient (Wildman–Crippen LogP) is 0.526. The summed E-state index contributed by atoms with van der Waals surface area (Å²) >= 11 is 0. The van der Waals surface area contributed by atoms with Crippen LogP contribution in [0.1, 0.15) is 26.7 Å². The third-order valence-corrected chi connectivity index (χ3v) is 2.33. The predicted molar refractivity (Wildman–Crippen MR) is 48.1 cm³/mol. The third kappa shape index (κ3) is 2.44. The molecule has 0 spiro atoms. The van der Waals surface area contributed by atoms with E-state index in [1.807, 2.05) is 13.8 Å². The largest absolute Gasteiger partial charge is 0.394 e. The zero-order valence-corrected chi connectivity index (χ0v) is 7.97. The Balaban J connectivity index is 2.34. The minimum Gasteiger partial charge on any atom is -0.394 e. The molecule has 1 aliphatic rings. The molecule has 1 saturated heterocycles. The lowest BCUT2D eigenvalue weighted by atomic mass is 10.0. The maximum atomic E-state index is 9.19. The third-order valence-electron chi connectivity index (χ3n) is 2.33. The number of rotatable bonds is 4. The second kappa shape index (κ2) is 4.21. The van der Waals surface area contributed by atoms with Crippen LogP contribution < -0.4 is 5.32 Å². The normalized spacial score (nSPS) is 30.0. The molecule has 0 aromatic rings. The summed E-state index contributed by atoms with van der Waals surface area (Å²) in [6, 6.07) is 0. The van der Waals surface area contributed by atoms with Crippen molar-refractivity contribution in [1.29, 1.82) is 0 Å². The summed E-state index contributed by atoms with van der Waals surface area (Å²) in [6.45, 7) is 5.84. The van der Waals surface area contributed by atoms with Gasteiger partial charge in [-0.15, -0.1) is 0 Å². The Kier molecular flexibility index (Phi) is 3.50. The van der Waals surface area contributed by atoms with Crippen LogP contribution in [0, 0.1) is 0 Å². The molecule has 2 N–H and O–H groups in total. The Morgan fingerprint density at radius 3 is 2.75 bits per heavy atom. The first-order valence-corrected chi connectivity index (χ1v) is 4.66. The summed E-state index contributed by atoms with van der Waals surface area (Å²) < 4.78 is 5.50. The molecule has 0 aromatic heterocycles. The second-order valence-electron chi connectivity index (χ2n) is 3.83. The summed E-state index contributed by atoms with van der Waals surface area (Å²) in [5.74, 6) is 0. The topological polar surface area (TPSA) is 41.5 Å². The molecule has 1 fully saturated rings. The van der Waals surface area contributed by atoms with Crippen LogP contribution >= 0.6 is 0 Å². The molecule has 0 saturated carbocycles. The van der Waals surface area contributed by atoms with E-state index in [9.17, 15) is 5.11 Å². The van der Waals surface area contributed by atoms with E-state index < -0.39 is 0 Å². The van der Waals surface area contributed by atoms with E-state index in [-0.39, 0.29) is 18.2 Å². The fourth-order valence-electron chi connectivity index (χ4n) is 1.50. The number of aliphatic hydroxyl groups is 1. The highest BCUT2D eigenvalue weighted by Gasteiger charge is 2.33. The monoisotopic (exact) mass is 173 g/mol. The number of nitrogens with one attached hydrogen (secondary N) is 1. The Bertz CT molecular complexity index is 130. The van der Waals surface area contributed by atoms with Gasteiger partial charge < -0.3 is 15.2 Å². The van der Waals surface area contributed by atoms with Gasteiger partial charge in [0.25, 0.3) is 0 Å². The molecule has 0 amide bonds. The molecule has 0 radical (unpaired) electrons. The number of ether oxygens (including phenoxy) is 1. The lowest BCUT2D eigenvalue weighted by Gasteiger charge is -2.27. The molecule has 0 bridgehead atoms. The summed E-state index contributed by atoms with van der Waals surface area (Å²) in [5.41, 5.74) is -0.149. The molecule has 3 nitrogen and oxygen atoms in total. The highest BCUT2D eigenvalue weighted by Crippen LogP contribution is 2.19. The highest BCUT2D eigenvalue weighted by atomic mass is 16.5. The van der Waals surface area contributed by atoms with Crippen LogP contribution in [-0.2, 0) is 4.74 Å². The van der Waals surface area contributed by atoms with Gasteiger partial charge >= 0.3 is 0 Å². The fraction of sp³-hybridized carbons (Fsp3) is 1.00. The molecule has 1 heterocycles. The molecule has 1 unspecified atom stereocenters. The van der Waals surface area contributed by atoms with E-state index in [1.54, 1.807) is 0 Å². The fourth-order valence-corrected chi connectivity index (χ4v) is 1.50. The Hall–Kier alpha value is -0.120. The lowest BCUT2D eigenvalue weighted by molar-refractivity contribution is 0.0124. The molecule has 1 atom stereocenters. The minimum absolute atomic E-state index is 0.149. The Morgan fingerprint density at radius 1 is 1.58 bits per heavy atom. The van der Waals surface area contributed by atoms with E-state index in [4.69, 9.17) is 4.74 Å². The summed E-state index contributed by atoms with van der Waals surface area (Å²) in [4.78, 5) is 0. The van der Waals surface area contributed by atoms with Crippen molar-refractivity contribution in [2.75, 3.05) is 19.8 Å². The maximum Gasteiger partial charge on any atom is 0.0674 e. The Labute approximate surface area is 74.1 Å². The van der Waals surface area contributed by atoms with Crippen LogP contribution in [0.2, 0.25) is 0 Å². The molecular formula is C9H19NO2. The number of hydrogen-bond acceptors (Lipinski definition) is 3. The van der Waals surface area contributed by atoms with Crippen molar-refractivity contribution in [2.24, 2.45) is 0 Å². The zero-order valence-electron chi connectivity index (χ0n) is 7.97. The van der Waals surface area contributed by atoms with Crippen molar-refractivity contribution in [1.82, 2.24) is 5.32 Å². The molecule has 0 aliphatic carbocycles. The van der Waals surface area contributed by atoms with Crippen molar-refractivity contribution in [3.05, 3.63) is 0 Å². The standard InChI is InChI=1S/C9H19NO2/c1-8(2)12-7-9(6-11)4-3-5-10-9/h8,10-11H,3-7H2,1-2H3. The van der Waals surface area contributed by atoms with Crippen LogP contribution in [0.4, 0.5) is 0 Å². The highest BCUT2D eigenvalue weighted by molar-refractivity contribution is 4.92. The van der Waals surface area contributed by atoms with Crippen LogP contribution in [0.15, 0.2) is 0 Å². The molecule has 0 aromatic carbocycles. The maximum absolute atomic E-state index is 9.19. The van der Waals surface area contributed by atoms with E-state index in [2.05, 4.69) is 5.32 Å². The molecule has 1 aliphatic heterocycles. The van der Waals surface area contributed by atoms with Crippen LogP contribution in [0.5, 0.6) is 0 Å². The average Bonchev–Trinajstić information content (AvgIpc) is 2.50. The molecule has 72 valence electrons. The van der Waals surface area contributed by atoms with Gasteiger partial charge in [0.05, 0.1) is 24.9 Å². The number of hydrogen-bond donors (Lipinski definition) is 2. The van der Waals surface area contributed by atoms with E-state index >= 15 is 0 Å². The zero-order chi connectivity index (χ0) is 9.03. The first kappa shape index (κ1) is 9.96. The van der Waals surface area contributed by atoms with Crippen LogP contribution in [-0.4, -0.2) is 36.5 Å². The van der Waals surface area contributed by atoms with Crippen LogP contribution in [0.25, 0.3) is 0 Å². The van der Waals surface area contributed by atoms with E-state index in [0.29, 0.717) is 6.61 Å². The van der Waals surface area contributed by atoms with E-state index in [1.165, 1.54) is 0 Å². The van der Waals surface area contributed by atoms with Gasteiger partial charge in [0, 0.05) is 0 Å². The molecular weight excluding hydrogens is 154 g/mol. The van der Waals surface area contributed by atoms with Crippen molar-refractivity contribution in [2.45, 2.75) is 38.3 Å². The molecule has 1 rings (SSSR count). The van der Waals surface area contributed by atoms with Gasteiger partial charge in [0.15, 0.2) is 0 Å². The van der Waals surface area contributed by atoms with Gasteiger partial charge in [-0.1, -0.05) is 0 Å². The molecule has 12 heavy (non-hydrogen) atoms. The van der Waals surface area contributed by atoms with Gasteiger partial charge in [-0.05, 0) is 33.2 Å². The average molecular weight is 173 g/mol. The van der Waals surface area contributed by atoms with Crippen molar-refractivity contribution in [3.8, 4) is 0 Å².